The van der Waals surface area contributed by atoms with Gasteiger partial charge in [-0.1, -0.05) is 80.9 Å². The molecule has 0 aliphatic rings. The molecule has 364 valence electrons. The van der Waals surface area contributed by atoms with Gasteiger partial charge >= 0.3 is 17.9 Å². The van der Waals surface area contributed by atoms with E-state index in [-0.39, 0.29) is 40.2 Å². The molecule has 0 atom stereocenters. The highest BCUT2D eigenvalue weighted by Crippen LogP contribution is 2.35. The number of ether oxygens (including phenoxy) is 6. The second-order valence-corrected chi connectivity index (χ2v) is 16.0. The van der Waals surface area contributed by atoms with Crippen molar-refractivity contribution in [2.45, 2.75) is 25.9 Å². The van der Waals surface area contributed by atoms with E-state index in [0.717, 1.165) is 11.1 Å². The van der Waals surface area contributed by atoms with E-state index in [1.807, 2.05) is 78.9 Å². The van der Waals surface area contributed by atoms with Gasteiger partial charge in [-0.05, 0) is 145 Å². The van der Waals surface area contributed by atoms with Crippen LogP contribution in [0.5, 0.6) is 57.5 Å². The average Bonchev–Trinajstić information content (AvgIpc) is 3.40. The normalized spacial score (nSPS) is 10.4. The maximum atomic E-state index is 12.9. The highest BCUT2D eigenvalue weighted by molar-refractivity contribution is 6.03. The Balaban J connectivity index is 0.00000103. The molecule has 0 spiro atoms. The number of esters is 1. The standard InChI is InChI=1S/C53H38O13.C6H6O/c1-4-59-46-27-29-48(51(56)57)49(33-46)52(58)65-43-20-18-41(19-21-43)63-39-14-10-36(11-15-39)53(2,3)37-12-16-40(17-13-37)64-42-22-24-44(25-23-42)66-62-34-35-32-45(26-28-47(35)50(54)55)61-31-30-60-38-8-6-5-7-9-38;7-6-4-2-1-3-5-6/h1,5-29,32-33H,34H2,2-3H3,(H,54,55)(H,56,57);1-5,7H. The summed E-state index contributed by atoms with van der Waals surface area (Å²) in [5, 5.41) is 27.8. The van der Waals surface area contributed by atoms with Crippen LogP contribution in [-0.2, 0) is 16.9 Å². The minimum atomic E-state index is -1.31. The molecule has 0 aliphatic carbocycles. The first-order chi connectivity index (χ1) is 35.3. The van der Waals surface area contributed by atoms with E-state index in [1.165, 1.54) is 48.5 Å². The number of phenolic OH excluding ortho intramolecular Hbond substituents is 1. The molecule has 0 saturated carbocycles. The van der Waals surface area contributed by atoms with Crippen LogP contribution in [0.1, 0.15) is 61.6 Å². The Morgan fingerprint density at radius 2 is 0.918 bits per heavy atom. The zero-order valence-electron chi connectivity index (χ0n) is 39.1. The Morgan fingerprint density at radius 1 is 0.479 bits per heavy atom. The van der Waals surface area contributed by atoms with Crippen molar-refractivity contribution in [2.24, 2.45) is 0 Å². The lowest BCUT2D eigenvalue weighted by atomic mass is 9.78. The van der Waals surface area contributed by atoms with Crippen molar-refractivity contribution < 1.29 is 67.9 Å². The van der Waals surface area contributed by atoms with Gasteiger partial charge in [-0.3, -0.25) is 0 Å². The Hall–Kier alpha value is -10.2. The molecule has 0 heterocycles. The van der Waals surface area contributed by atoms with Crippen molar-refractivity contribution in [1.82, 2.24) is 0 Å². The number of terminal acetylenes is 1. The van der Waals surface area contributed by atoms with E-state index in [1.54, 1.807) is 72.8 Å². The molecule has 0 aromatic heterocycles. The summed E-state index contributed by atoms with van der Waals surface area (Å²) in [5.41, 5.74) is 1.57. The third-order valence-corrected chi connectivity index (χ3v) is 10.7. The van der Waals surface area contributed by atoms with Crippen molar-refractivity contribution >= 4 is 17.9 Å². The van der Waals surface area contributed by atoms with Crippen LogP contribution in [0.3, 0.4) is 0 Å². The maximum Gasteiger partial charge on any atom is 0.344 e. The molecule has 8 rings (SSSR count). The third-order valence-electron chi connectivity index (χ3n) is 10.7. The molecule has 3 N–H and O–H groups in total. The Bertz CT molecular complexity index is 3250. The molecule has 8 aromatic carbocycles. The van der Waals surface area contributed by atoms with Crippen LogP contribution in [0, 0.1) is 24.7 Å². The Morgan fingerprint density at radius 3 is 1.41 bits per heavy atom. The fraction of sp³-hybridized carbons (Fsp3) is 0.0678. The Kier molecular flexibility index (Phi) is 17.0. The topological polar surface area (TPSA) is 186 Å². The second-order valence-electron chi connectivity index (χ2n) is 16.0. The maximum absolute atomic E-state index is 12.9. The summed E-state index contributed by atoms with van der Waals surface area (Å²) in [7, 11) is 0. The molecule has 0 bridgehead atoms. The van der Waals surface area contributed by atoms with Crippen molar-refractivity contribution in [3.05, 3.63) is 228 Å². The van der Waals surface area contributed by atoms with Gasteiger partial charge in [-0.25, -0.2) is 14.4 Å². The van der Waals surface area contributed by atoms with Gasteiger partial charge < -0.3 is 48.6 Å². The van der Waals surface area contributed by atoms with Crippen molar-refractivity contribution in [2.75, 3.05) is 0 Å². The summed E-state index contributed by atoms with van der Waals surface area (Å²) in [6.07, 6.45) is 12.0. The molecule has 14 nitrogen and oxygen atoms in total. The number of hydrogen-bond acceptors (Lipinski definition) is 12. The van der Waals surface area contributed by atoms with Gasteiger partial charge in [0.1, 0.15) is 64.5 Å². The van der Waals surface area contributed by atoms with Gasteiger partial charge in [0.2, 0.25) is 0 Å². The molecular formula is C59H44O14. The summed E-state index contributed by atoms with van der Waals surface area (Å²) in [5.74, 6) is 0.765. The lowest BCUT2D eigenvalue weighted by Crippen LogP contribution is -2.18. The fourth-order valence-electron chi connectivity index (χ4n) is 6.83. The van der Waals surface area contributed by atoms with E-state index in [2.05, 4.69) is 26.1 Å². The first-order valence-corrected chi connectivity index (χ1v) is 22.1. The summed E-state index contributed by atoms with van der Waals surface area (Å²) >= 11 is 0. The molecular weight excluding hydrogens is 933 g/mol. The lowest BCUT2D eigenvalue weighted by Gasteiger charge is -2.26. The number of benzene rings is 8. The molecule has 0 radical (unpaired) electrons. The largest absolute Gasteiger partial charge is 0.508 e. The number of carbonyl (C=O) groups excluding carboxylic acids is 1. The van der Waals surface area contributed by atoms with Gasteiger partial charge in [-0.15, -0.1) is 0 Å². The number of carboxylic acid groups (broad SMARTS) is 2. The van der Waals surface area contributed by atoms with Crippen LogP contribution in [0.15, 0.2) is 194 Å². The third kappa shape index (κ3) is 14.4. The van der Waals surface area contributed by atoms with Crippen molar-refractivity contribution in [3.63, 3.8) is 0 Å². The van der Waals surface area contributed by atoms with E-state index in [4.69, 9.17) is 49.7 Å². The summed E-state index contributed by atoms with van der Waals surface area (Å²) in [6.45, 7) is 4.04. The van der Waals surface area contributed by atoms with Crippen LogP contribution in [-0.4, -0.2) is 33.2 Å². The SMILES string of the molecule is C#COc1ccc(C(=O)O)c(C(=O)Oc2ccc(Oc3ccc(C(C)(C)c4ccc(Oc5ccc(OOCc6cc(OC#COc7ccccc7)ccc6C(=O)O)cc5)cc4)cc3)cc2)c1.Oc1ccccc1. The molecule has 0 unspecified atom stereocenters. The van der Waals surface area contributed by atoms with Crippen molar-refractivity contribution in [1.29, 1.82) is 0 Å². The van der Waals surface area contributed by atoms with Gasteiger partial charge in [0.25, 0.3) is 0 Å². The highest BCUT2D eigenvalue weighted by atomic mass is 17.2. The van der Waals surface area contributed by atoms with E-state index in [9.17, 15) is 24.6 Å². The predicted molar refractivity (Wildman–Crippen MR) is 268 cm³/mol. The zero-order chi connectivity index (χ0) is 51.6. The van der Waals surface area contributed by atoms with Gasteiger partial charge in [0.15, 0.2) is 18.0 Å². The van der Waals surface area contributed by atoms with Crippen molar-refractivity contribution in [3.8, 4) is 82.2 Å². The van der Waals surface area contributed by atoms with Gasteiger partial charge in [0.05, 0.1) is 16.7 Å². The number of rotatable bonds is 17. The van der Waals surface area contributed by atoms with Crippen LogP contribution in [0.2, 0.25) is 0 Å². The predicted octanol–water partition coefficient (Wildman–Crippen LogP) is 12.5. The highest BCUT2D eigenvalue weighted by Gasteiger charge is 2.24. The number of aromatic carboxylic acids is 2. The minimum absolute atomic E-state index is 0.0185. The van der Waals surface area contributed by atoms with Crippen LogP contribution < -0.4 is 33.3 Å². The first-order valence-electron chi connectivity index (χ1n) is 22.1. The van der Waals surface area contributed by atoms with Crippen LogP contribution in [0.4, 0.5) is 0 Å². The summed E-state index contributed by atoms with van der Waals surface area (Å²) in [4.78, 5) is 47.2. The van der Waals surface area contributed by atoms with E-state index >= 15 is 0 Å². The number of phenols is 1. The summed E-state index contributed by atoms with van der Waals surface area (Å²) < 4.78 is 33.2. The van der Waals surface area contributed by atoms with Crippen LogP contribution >= 0.6 is 0 Å². The number of carboxylic acids is 2. The smallest absolute Gasteiger partial charge is 0.344 e. The zero-order valence-corrected chi connectivity index (χ0v) is 39.1. The van der Waals surface area contributed by atoms with Gasteiger partial charge in [-0.2, -0.15) is 4.89 Å². The quantitative estimate of drug-likeness (QED) is 0.0257. The first kappa shape index (κ1) is 50.7. The summed E-state index contributed by atoms with van der Waals surface area (Å²) in [6, 6.07) is 54.4. The molecule has 0 saturated heterocycles. The minimum Gasteiger partial charge on any atom is -0.508 e. The number of carbonyl (C=O) groups is 3. The lowest BCUT2D eigenvalue weighted by molar-refractivity contribution is -0.217. The van der Waals surface area contributed by atoms with Gasteiger partial charge in [0, 0.05) is 11.0 Å². The number of hydrogen-bond donors (Lipinski definition) is 3. The second kappa shape index (κ2) is 24.4. The molecule has 0 fully saturated rings. The number of aromatic hydroxyl groups is 1. The van der Waals surface area contributed by atoms with Crippen LogP contribution in [0.25, 0.3) is 0 Å². The molecule has 0 amide bonds. The monoisotopic (exact) mass is 976 g/mol. The average molecular weight is 977 g/mol. The van der Waals surface area contributed by atoms with E-state index in [0.29, 0.717) is 51.6 Å². The molecule has 73 heavy (non-hydrogen) atoms. The molecule has 8 aromatic rings. The molecule has 14 heteroatoms. The van der Waals surface area contributed by atoms with E-state index < -0.39 is 17.9 Å². The fourth-order valence-corrected chi connectivity index (χ4v) is 6.83. The Labute approximate surface area is 420 Å². The molecule has 0 aliphatic heterocycles. The number of para-hydroxylation sites is 2.